The molecule has 2 aromatic carbocycles. The molecule has 11 nitrogen and oxygen atoms in total. The van der Waals surface area contributed by atoms with Crippen molar-refractivity contribution in [3.05, 3.63) is 54.0 Å². The first-order chi connectivity index (χ1) is 26.7. The Kier molecular flexibility index (Phi) is 12.5. The number of ether oxygens (including phenoxy) is 1. The number of likely N-dealkylation sites (N-methyl/N-ethyl adjacent to an activating group) is 1. The van der Waals surface area contributed by atoms with Gasteiger partial charge in [0.15, 0.2) is 5.82 Å². The lowest BCUT2D eigenvalue weighted by molar-refractivity contribution is -0.193. The Morgan fingerprint density at radius 1 is 1.02 bits per heavy atom. The highest BCUT2D eigenvalue weighted by Crippen LogP contribution is 2.41. The van der Waals surface area contributed by atoms with Crippen LogP contribution in [0.3, 0.4) is 0 Å². The highest BCUT2D eigenvalue weighted by atomic mass is 19.4. The third-order valence-corrected chi connectivity index (χ3v) is 10.5. The summed E-state index contributed by atoms with van der Waals surface area (Å²) in [4.78, 5) is 36.1. The van der Waals surface area contributed by atoms with Crippen LogP contribution in [0.2, 0.25) is 0 Å². The van der Waals surface area contributed by atoms with Gasteiger partial charge in [0.2, 0.25) is 0 Å². The lowest BCUT2D eigenvalue weighted by Crippen LogP contribution is -2.54. The average molecular weight is 811 g/mol. The van der Waals surface area contributed by atoms with Gasteiger partial charge in [-0.15, -0.1) is 6.42 Å². The third kappa shape index (κ3) is 9.28. The number of fused-ring (bicyclic) bond motifs is 3. The van der Waals surface area contributed by atoms with Gasteiger partial charge in [0, 0.05) is 47.8 Å². The van der Waals surface area contributed by atoms with Gasteiger partial charge < -0.3 is 25.2 Å². The van der Waals surface area contributed by atoms with Crippen molar-refractivity contribution in [2.24, 2.45) is 0 Å². The molecule has 1 saturated carbocycles. The molecule has 19 heteroatoms. The fraction of sp³-hybridized carbons (Fsp3) is 0.447. The van der Waals surface area contributed by atoms with Gasteiger partial charge in [-0.25, -0.2) is 18.4 Å². The smallest absolute Gasteiger partial charge is 0.475 e. The molecule has 2 aliphatic heterocycles. The molecular formula is C38H38F8N6O5. The molecule has 0 bridgehead atoms. The topological polar surface area (TPSA) is 141 Å². The number of pyridine rings is 1. The van der Waals surface area contributed by atoms with Gasteiger partial charge >= 0.3 is 30.3 Å². The monoisotopic (exact) mass is 810 g/mol. The maximum Gasteiger partial charge on any atom is 0.490 e. The minimum Gasteiger partial charge on any atom is -0.475 e. The molecule has 4 aromatic rings. The number of carbonyl (C=O) groups is 2. The maximum absolute atomic E-state index is 16.6. The second-order valence-electron chi connectivity index (χ2n) is 14.2. The molecule has 3 N–H and O–H groups in total. The van der Waals surface area contributed by atoms with Crippen molar-refractivity contribution in [3.8, 4) is 29.6 Å². The molecule has 0 amide bonds. The van der Waals surface area contributed by atoms with E-state index in [1.54, 1.807) is 6.20 Å². The number of terminal acetylenes is 1. The van der Waals surface area contributed by atoms with Crippen LogP contribution in [0.25, 0.3) is 32.9 Å². The van der Waals surface area contributed by atoms with Gasteiger partial charge in [0.25, 0.3) is 0 Å². The van der Waals surface area contributed by atoms with Crippen LogP contribution < -0.4 is 10.1 Å². The summed E-state index contributed by atoms with van der Waals surface area (Å²) < 4.78 is 101. The first-order valence-corrected chi connectivity index (χ1v) is 17.6. The summed E-state index contributed by atoms with van der Waals surface area (Å²) in [5.41, 5.74) is 1.18. The van der Waals surface area contributed by atoms with Crippen LogP contribution in [-0.2, 0) is 9.59 Å². The molecule has 0 radical (unpaired) electrons. The molecule has 57 heavy (non-hydrogen) atoms. The molecular weight excluding hydrogens is 772 g/mol. The summed E-state index contributed by atoms with van der Waals surface area (Å²) in [7, 11) is 4.17. The number of hydrogen-bond donors (Lipinski definition) is 3. The molecule has 0 unspecified atom stereocenters. The summed E-state index contributed by atoms with van der Waals surface area (Å²) in [5, 5.41) is 19.9. The number of alkyl halides is 7. The molecule has 7 rings (SSSR count). The van der Waals surface area contributed by atoms with Crippen LogP contribution in [0, 0.1) is 18.2 Å². The third-order valence-electron chi connectivity index (χ3n) is 10.5. The van der Waals surface area contributed by atoms with Crippen molar-refractivity contribution in [1.29, 1.82) is 0 Å². The van der Waals surface area contributed by atoms with Crippen LogP contribution >= 0.6 is 0 Å². The Hall–Kier alpha value is -5.35. The number of benzene rings is 2. The summed E-state index contributed by atoms with van der Waals surface area (Å²) in [5.74, 6) is -2.87. The van der Waals surface area contributed by atoms with Gasteiger partial charge in [-0.3, -0.25) is 9.88 Å². The molecule has 2 atom stereocenters. The van der Waals surface area contributed by atoms with E-state index in [4.69, 9.17) is 35.9 Å². The van der Waals surface area contributed by atoms with Gasteiger partial charge in [-0.2, -0.15) is 36.3 Å². The normalized spacial score (nSPS) is 20.1. The predicted molar refractivity (Wildman–Crippen MR) is 193 cm³/mol. The lowest BCUT2D eigenvalue weighted by Gasteiger charge is -2.47. The summed E-state index contributed by atoms with van der Waals surface area (Å²) in [6, 6.07) is 11.4. The molecule has 2 aromatic heterocycles. The predicted octanol–water partition coefficient (Wildman–Crippen LogP) is 7.08. The highest BCUT2D eigenvalue weighted by molar-refractivity contribution is 6.01. The zero-order valence-corrected chi connectivity index (χ0v) is 30.6. The second kappa shape index (κ2) is 16.6. The van der Waals surface area contributed by atoms with Crippen molar-refractivity contribution >= 4 is 39.4 Å². The zero-order valence-electron chi connectivity index (χ0n) is 30.6. The first-order valence-electron chi connectivity index (χ1n) is 17.6. The SMILES string of the molecule is C#Cc1cccc2cccc(-c3ncc4c(NCC5(N(C)C)CCC5)nc(OC[C@@]56CCCN5C[C@H](F)C6)nc4c3F)c12.O=C(O)C(F)(F)F.O=C(O)C(F)(F)F. The number of hydrogen-bond acceptors (Lipinski definition) is 9. The largest absolute Gasteiger partial charge is 0.490 e. The highest BCUT2D eigenvalue weighted by Gasteiger charge is 2.49. The van der Waals surface area contributed by atoms with E-state index in [9.17, 15) is 30.7 Å². The Morgan fingerprint density at radius 3 is 2.21 bits per heavy atom. The lowest BCUT2D eigenvalue weighted by atomic mass is 9.75. The molecule has 4 heterocycles. The fourth-order valence-electron chi connectivity index (χ4n) is 7.34. The van der Waals surface area contributed by atoms with Gasteiger partial charge in [0.1, 0.15) is 29.8 Å². The summed E-state index contributed by atoms with van der Waals surface area (Å²) >= 11 is 0. The van der Waals surface area contributed by atoms with E-state index < -0.39 is 36.3 Å². The number of nitrogens with zero attached hydrogens (tertiary/aromatic N) is 5. The van der Waals surface area contributed by atoms with Crippen LogP contribution in [0.4, 0.5) is 40.9 Å². The number of nitrogens with one attached hydrogen (secondary N) is 1. The van der Waals surface area contributed by atoms with Gasteiger partial charge in [-0.05, 0) is 64.2 Å². The Balaban J connectivity index is 0.000000380. The Bertz CT molecular complexity index is 2140. The van der Waals surface area contributed by atoms with Crippen LogP contribution in [0.1, 0.15) is 44.1 Å². The van der Waals surface area contributed by atoms with Crippen LogP contribution in [0.15, 0.2) is 42.6 Å². The number of anilines is 1. The molecule has 306 valence electrons. The van der Waals surface area contributed by atoms with Gasteiger partial charge in [-0.1, -0.05) is 36.3 Å². The minimum atomic E-state index is -5.08. The van der Waals surface area contributed by atoms with E-state index in [2.05, 4.69) is 45.1 Å². The van der Waals surface area contributed by atoms with Crippen molar-refractivity contribution in [2.75, 3.05) is 45.7 Å². The Morgan fingerprint density at radius 2 is 1.65 bits per heavy atom. The molecule has 3 fully saturated rings. The van der Waals surface area contributed by atoms with Crippen LogP contribution in [0.5, 0.6) is 6.01 Å². The molecule has 0 spiro atoms. The summed E-state index contributed by atoms with van der Waals surface area (Å²) in [6.07, 6.45) is 2.00. The van der Waals surface area contributed by atoms with Crippen LogP contribution in [-0.4, -0.2) is 117 Å². The van der Waals surface area contributed by atoms with E-state index in [1.165, 1.54) is 0 Å². The first kappa shape index (κ1) is 42.8. The van der Waals surface area contributed by atoms with Crippen molar-refractivity contribution in [3.63, 3.8) is 0 Å². The van der Waals surface area contributed by atoms with E-state index in [-0.39, 0.29) is 34.9 Å². The fourth-order valence-corrected chi connectivity index (χ4v) is 7.34. The number of carboxylic acids is 2. The average Bonchev–Trinajstić information content (AvgIpc) is 3.65. The zero-order chi connectivity index (χ0) is 41.9. The summed E-state index contributed by atoms with van der Waals surface area (Å²) in [6.45, 7) is 2.19. The number of aliphatic carboxylic acids is 2. The number of halogens is 8. The maximum atomic E-state index is 16.6. The molecule has 1 aliphatic carbocycles. The quantitative estimate of drug-likeness (QED) is 0.124. The number of carboxylic acid groups (broad SMARTS) is 2. The number of aromatic nitrogens is 3. The van der Waals surface area contributed by atoms with E-state index in [0.717, 1.165) is 49.4 Å². The molecule has 2 saturated heterocycles. The van der Waals surface area contributed by atoms with Crippen molar-refractivity contribution < 1.29 is 59.7 Å². The van der Waals surface area contributed by atoms with Crippen molar-refractivity contribution in [1.82, 2.24) is 24.8 Å². The standard InChI is InChI=1S/C34H36F2N6O.2C2HF3O2/c1-4-22-9-5-10-23-11-6-12-25(27(22)23)29-28(36)30-26(18-37-29)31(38-20-33(41(2)3)13-7-14-33)40-32(39-30)43-21-34-15-8-16-42(34)19-24(35)17-34;2*3-2(4,5)1(6)7/h1,5-6,9-12,18,24H,7-8,13-17,19-21H2,2-3H3,(H,38,39,40);2*(H,6,7)/t24-,34+;;/m1../s1. The van der Waals surface area contributed by atoms with Gasteiger partial charge in [0.05, 0.1) is 10.9 Å². The second-order valence-corrected chi connectivity index (χ2v) is 14.2. The number of rotatable bonds is 8. The Labute approximate surface area is 321 Å². The molecule has 3 aliphatic rings. The van der Waals surface area contributed by atoms with Crippen molar-refractivity contribution in [2.45, 2.75) is 68.1 Å². The van der Waals surface area contributed by atoms with E-state index in [1.807, 2.05) is 36.4 Å². The minimum absolute atomic E-state index is 0.00207. The van der Waals surface area contributed by atoms with E-state index >= 15 is 4.39 Å². The van der Waals surface area contributed by atoms with E-state index in [0.29, 0.717) is 41.8 Å².